The Balaban J connectivity index is 1.62. The Hall–Kier alpha value is -3.34. The number of piperazine rings is 1. The number of aliphatic hydroxyl groups excluding tert-OH is 1. The number of aromatic nitrogens is 6. The number of hydrogen-bond donors (Lipinski definition) is 1. The van der Waals surface area contributed by atoms with Crippen LogP contribution in [0.2, 0.25) is 0 Å². The molecule has 1 aliphatic heterocycles. The molecule has 17 heteroatoms. The van der Waals surface area contributed by atoms with Crippen molar-refractivity contribution in [3.63, 3.8) is 0 Å². The van der Waals surface area contributed by atoms with E-state index in [2.05, 4.69) is 25.0 Å². The van der Waals surface area contributed by atoms with Crippen LogP contribution in [0, 0.1) is 13.8 Å². The Morgan fingerprint density at radius 3 is 2.32 bits per heavy atom. The Morgan fingerprint density at radius 2 is 1.76 bits per heavy atom. The molecule has 206 valence electrons. The molecule has 1 amide bonds. The van der Waals surface area contributed by atoms with Gasteiger partial charge in [-0.1, -0.05) is 11.3 Å². The lowest BCUT2D eigenvalue weighted by Crippen LogP contribution is -2.56. The van der Waals surface area contributed by atoms with Crippen molar-refractivity contribution in [2.24, 2.45) is 0 Å². The van der Waals surface area contributed by atoms with Gasteiger partial charge in [0, 0.05) is 44.2 Å². The lowest BCUT2D eigenvalue weighted by Gasteiger charge is -2.42. The summed E-state index contributed by atoms with van der Waals surface area (Å²) in [6.07, 6.45) is -7.89. The van der Waals surface area contributed by atoms with Crippen LogP contribution < -0.4 is 4.90 Å². The minimum Gasteiger partial charge on any atom is -0.396 e. The van der Waals surface area contributed by atoms with Crippen LogP contribution in [0.4, 0.5) is 31.3 Å². The molecule has 10 nitrogen and oxygen atoms in total. The number of thiazole rings is 1. The van der Waals surface area contributed by atoms with Crippen molar-refractivity contribution in [2.45, 2.75) is 45.2 Å². The van der Waals surface area contributed by atoms with Gasteiger partial charge in [0.25, 0.3) is 0 Å². The first-order valence-electron chi connectivity index (χ1n) is 11.3. The van der Waals surface area contributed by atoms with Crippen LogP contribution in [-0.4, -0.2) is 77.9 Å². The molecule has 4 heterocycles. The number of hydrogen-bond acceptors (Lipinski definition) is 9. The maximum Gasteiger partial charge on any atom is 0.451 e. The Kier molecular flexibility index (Phi) is 7.60. The van der Waals surface area contributed by atoms with Gasteiger partial charge in [-0.25, -0.2) is 24.6 Å². The SMILES string of the molecule is Cc1nc(C)n(CC(=O)N2CCN(c3sc(C(F)(F)F)nc3-c3cnc(C(F)(F)F)nc3)CC2CCO)n1. The normalized spacial score (nSPS) is 16.8. The number of halogens is 6. The Bertz CT molecular complexity index is 1290. The fourth-order valence-corrected chi connectivity index (χ4v) is 5.12. The maximum atomic E-state index is 13.5. The minimum atomic E-state index is -4.82. The molecule has 0 aliphatic carbocycles. The van der Waals surface area contributed by atoms with E-state index in [1.807, 2.05) is 0 Å². The van der Waals surface area contributed by atoms with Gasteiger partial charge in [0.2, 0.25) is 16.7 Å². The van der Waals surface area contributed by atoms with Gasteiger partial charge >= 0.3 is 12.4 Å². The first-order valence-corrected chi connectivity index (χ1v) is 12.1. The third-order valence-corrected chi connectivity index (χ3v) is 6.99. The summed E-state index contributed by atoms with van der Waals surface area (Å²) in [7, 11) is 0. The average Bonchev–Trinajstić information content (AvgIpc) is 3.42. The molecule has 1 N–H and O–H groups in total. The summed E-state index contributed by atoms with van der Waals surface area (Å²) in [5.41, 5.74) is -0.332. The van der Waals surface area contributed by atoms with Gasteiger partial charge in [-0.15, -0.1) is 0 Å². The zero-order chi connectivity index (χ0) is 27.8. The molecule has 3 aromatic rings. The minimum absolute atomic E-state index is 0.0541. The van der Waals surface area contributed by atoms with E-state index in [0.717, 1.165) is 12.4 Å². The van der Waals surface area contributed by atoms with Crippen LogP contribution in [0.15, 0.2) is 12.4 Å². The number of rotatable bonds is 6. The Labute approximate surface area is 216 Å². The van der Waals surface area contributed by atoms with Gasteiger partial charge in [-0.3, -0.25) is 4.79 Å². The zero-order valence-electron chi connectivity index (χ0n) is 20.1. The van der Waals surface area contributed by atoms with Crippen molar-refractivity contribution in [1.82, 2.24) is 34.6 Å². The topological polar surface area (TPSA) is 113 Å². The third kappa shape index (κ3) is 5.87. The second-order valence-corrected chi connectivity index (χ2v) is 9.50. The summed E-state index contributed by atoms with van der Waals surface area (Å²) >= 11 is 0.338. The molecule has 0 saturated carbocycles. The molecule has 0 aromatic carbocycles. The van der Waals surface area contributed by atoms with Crippen LogP contribution in [0.1, 0.15) is 28.9 Å². The van der Waals surface area contributed by atoms with Crippen molar-refractivity contribution in [1.29, 1.82) is 0 Å². The number of carbonyl (C=O) groups is 1. The monoisotopic (exact) mass is 564 g/mol. The van der Waals surface area contributed by atoms with Crippen LogP contribution in [0.3, 0.4) is 0 Å². The number of aliphatic hydroxyl groups is 1. The molecule has 1 unspecified atom stereocenters. The zero-order valence-corrected chi connectivity index (χ0v) is 20.9. The first kappa shape index (κ1) is 27.7. The maximum absolute atomic E-state index is 13.5. The van der Waals surface area contributed by atoms with E-state index in [4.69, 9.17) is 0 Å². The number of carbonyl (C=O) groups excluding carboxylic acids is 1. The fourth-order valence-electron chi connectivity index (χ4n) is 4.13. The summed E-state index contributed by atoms with van der Waals surface area (Å²) < 4.78 is 80.7. The predicted molar refractivity (Wildman–Crippen MR) is 122 cm³/mol. The Morgan fingerprint density at radius 1 is 1.08 bits per heavy atom. The van der Waals surface area contributed by atoms with Gasteiger partial charge in [-0.2, -0.15) is 31.4 Å². The van der Waals surface area contributed by atoms with E-state index in [1.54, 1.807) is 18.7 Å². The number of aryl methyl sites for hydroxylation is 2. The molecule has 1 aliphatic rings. The molecule has 38 heavy (non-hydrogen) atoms. The highest BCUT2D eigenvalue weighted by molar-refractivity contribution is 7.16. The summed E-state index contributed by atoms with van der Waals surface area (Å²) in [6.45, 7) is 3.32. The average molecular weight is 565 g/mol. The second kappa shape index (κ2) is 10.4. The third-order valence-electron chi connectivity index (χ3n) is 5.83. The summed E-state index contributed by atoms with van der Waals surface area (Å²) in [6, 6.07) is -0.556. The molecule has 0 bridgehead atoms. The van der Waals surface area contributed by atoms with Gasteiger partial charge in [-0.05, 0) is 20.3 Å². The van der Waals surface area contributed by atoms with Crippen LogP contribution in [0.5, 0.6) is 0 Å². The standard InChI is InChI=1S/C21H22F6N8O2S/c1-11-30-12(2)35(32-11)10-15(37)34-5-4-33(9-14(34)3-6-36)17-16(31-19(38-17)21(25,26)27)13-7-28-18(29-8-13)20(22,23)24/h7-8,14,36H,3-6,9-10H2,1-2H3. The van der Waals surface area contributed by atoms with Gasteiger partial charge < -0.3 is 14.9 Å². The van der Waals surface area contributed by atoms with Crippen LogP contribution in [0.25, 0.3) is 11.3 Å². The van der Waals surface area contributed by atoms with E-state index < -0.39 is 29.2 Å². The summed E-state index contributed by atoms with van der Waals surface area (Å²) in [5.74, 6) is -0.687. The molecule has 0 spiro atoms. The largest absolute Gasteiger partial charge is 0.451 e. The number of amides is 1. The molecule has 1 fully saturated rings. The first-order chi connectivity index (χ1) is 17.8. The van der Waals surface area contributed by atoms with E-state index in [1.165, 1.54) is 9.58 Å². The van der Waals surface area contributed by atoms with Gasteiger partial charge in [0.05, 0.1) is 6.04 Å². The highest BCUT2D eigenvalue weighted by Gasteiger charge is 2.39. The van der Waals surface area contributed by atoms with Gasteiger partial charge in [0.1, 0.15) is 28.9 Å². The highest BCUT2D eigenvalue weighted by atomic mass is 32.1. The van der Waals surface area contributed by atoms with Crippen molar-refractivity contribution in [3.05, 3.63) is 34.9 Å². The molecule has 1 atom stereocenters. The summed E-state index contributed by atoms with van der Waals surface area (Å²) in [5, 5.41) is 12.6. The van der Waals surface area contributed by atoms with Crippen LogP contribution in [-0.2, 0) is 23.7 Å². The smallest absolute Gasteiger partial charge is 0.396 e. The number of nitrogens with zero attached hydrogens (tertiary/aromatic N) is 8. The number of anilines is 1. The molecular weight excluding hydrogens is 542 g/mol. The van der Waals surface area contributed by atoms with E-state index in [-0.39, 0.29) is 61.4 Å². The van der Waals surface area contributed by atoms with Crippen molar-refractivity contribution >= 4 is 22.2 Å². The molecular formula is C21H22F6N8O2S. The molecule has 0 radical (unpaired) electrons. The molecule has 4 rings (SSSR count). The second-order valence-electron chi connectivity index (χ2n) is 8.53. The molecule has 1 saturated heterocycles. The van der Waals surface area contributed by atoms with Crippen molar-refractivity contribution in [3.8, 4) is 11.3 Å². The van der Waals surface area contributed by atoms with Gasteiger partial charge in [0.15, 0.2) is 0 Å². The van der Waals surface area contributed by atoms with Crippen molar-refractivity contribution in [2.75, 3.05) is 31.1 Å². The van der Waals surface area contributed by atoms with E-state index >= 15 is 0 Å². The lowest BCUT2D eigenvalue weighted by molar-refractivity contribution is -0.145. The summed E-state index contributed by atoms with van der Waals surface area (Å²) in [4.78, 5) is 30.5. The molecule has 3 aromatic heterocycles. The number of alkyl halides is 6. The quantitative estimate of drug-likeness (QED) is 0.455. The fraction of sp³-hybridized carbons (Fsp3) is 0.524. The van der Waals surface area contributed by atoms with E-state index in [9.17, 15) is 36.2 Å². The van der Waals surface area contributed by atoms with Crippen LogP contribution >= 0.6 is 11.3 Å². The predicted octanol–water partition coefficient (Wildman–Crippen LogP) is 2.95. The highest BCUT2D eigenvalue weighted by Crippen LogP contribution is 2.43. The van der Waals surface area contributed by atoms with E-state index in [0.29, 0.717) is 23.0 Å². The lowest BCUT2D eigenvalue weighted by atomic mass is 10.1. The van der Waals surface area contributed by atoms with Crippen molar-refractivity contribution < 1.29 is 36.2 Å².